The highest BCUT2D eigenvalue weighted by atomic mass is 16.2. The topological polar surface area (TPSA) is 48.1 Å². The first kappa shape index (κ1) is 16.4. The minimum atomic E-state index is -0.0963. The lowest BCUT2D eigenvalue weighted by molar-refractivity contribution is -0.145. The molecule has 0 radical (unpaired) electrons. The van der Waals surface area contributed by atoms with E-state index in [4.69, 9.17) is 0 Å². The molecule has 1 aromatic carbocycles. The molecule has 4 nitrogen and oxygen atoms in total. The zero-order valence-electron chi connectivity index (χ0n) is 15.3. The van der Waals surface area contributed by atoms with Gasteiger partial charge in [0.15, 0.2) is 0 Å². The van der Waals surface area contributed by atoms with E-state index in [2.05, 4.69) is 59.5 Å². The van der Waals surface area contributed by atoms with Crippen LogP contribution in [0.2, 0.25) is 0 Å². The third kappa shape index (κ3) is 2.69. The average Bonchev–Trinajstić information content (AvgIpc) is 3.01. The van der Waals surface area contributed by atoms with Gasteiger partial charge in [-0.15, -0.1) is 0 Å². The highest BCUT2D eigenvalue weighted by molar-refractivity contribution is 5.97. The molecule has 1 saturated heterocycles. The summed E-state index contributed by atoms with van der Waals surface area (Å²) in [7, 11) is 1.92. The van der Waals surface area contributed by atoms with E-state index in [0.29, 0.717) is 18.6 Å². The summed E-state index contributed by atoms with van der Waals surface area (Å²) in [5.74, 6) is 0.168. The molecule has 4 heteroatoms. The summed E-state index contributed by atoms with van der Waals surface area (Å²) in [6.07, 6.45) is 7.51. The molecule has 1 aliphatic heterocycles. The summed E-state index contributed by atoms with van der Waals surface area (Å²) in [6, 6.07) is 7.16. The maximum absolute atomic E-state index is 13.1. The SMILES string of the molecule is CNCC(/C=C1\CCc2c[nH]c3cccc1c23)C(=O)N1C(C)C[C@@H]1C. The van der Waals surface area contributed by atoms with E-state index >= 15 is 0 Å². The number of rotatable bonds is 4. The van der Waals surface area contributed by atoms with Crippen molar-refractivity contribution in [3.05, 3.63) is 41.6 Å². The Bertz CT molecular complexity index is 827. The monoisotopic (exact) mass is 337 g/mol. The molecule has 1 amide bonds. The third-order valence-corrected chi connectivity index (χ3v) is 5.83. The van der Waals surface area contributed by atoms with Crippen LogP contribution in [0.5, 0.6) is 0 Å². The Morgan fingerprint density at radius 3 is 2.88 bits per heavy atom. The molecule has 1 aliphatic carbocycles. The van der Waals surface area contributed by atoms with Crippen LogP contribution in [0.15, 0.2) is 30.5 Å². The number of aromatic amines is 1. The molecule has 2 aliphatic rings. The summed E-state index contributed by atoms with van der Waals surface area (Å²) in [4.78, 5) is 18.5. The zero-order chi connectivity index (χ0) is 17.6. The number of amides is 1. The van der Waals surface area contributed by atoms with Gasteiger partial charge in [-0.2, -0.15) is 0 Å². The summed E-state index contributed by atoms with van der Waals surface area (Å²) < 4.78 is 0. The Hall–Kier alpha value is -2.07. The van der Waals surface area contributed by atoms with Crippen molar-refractivity contribution in [2.75, 3.05) is 13.6 Å². The molecule has 1 aromatic heterocycles. The molecule has 1 fully saturated rings. The van der Waals surface area contributed by atoms with Gasteiger partial charge < -0.3 is 15.2 Å². The van der Waals surface area contributed by atoms with Gasteiger partial charge in [-0.3, -0.25) is 4.79 Å². The Labute approximate surface area is 149 Å². The van der Waals surface area contributed by atoms with Gasteiger partial charge in [0.2, 0.25) is 5.91 Å². The Morgan fingerprint density at radius 2 is 2.16 bits per heavy atom. The van der Waals surface area contributed by atoms with E-state index in [1.807, 2.05) is 7.05 Å². The lowest BCUT2D eigenvalue weighted by atomic mass is 9.85. The van der Waals surface area contributed by atoms with Gasteiger partial charge in [0.25, 0.3) is 0 Å². The number of nitrogens with one attached hydrogen (secondary N) is 2. The second kappa shape index (κ2) is 6.34. The minimum Gasteiger partial charge on any atom is -0.361 e. The maximum Gasteiger partial charge on any atom is 0.231 e. The summed E-state index contributed by atoms with van der Waals surface area (Å²) in [5.41, 5.74) is 5.19. The van der Waals surface area contributed by atoms with Crippen molar-refractivity contribution in [1.29, 1.82) is 0 Å². The van der Waals surface area contributed by atoms with E-state index < -0.39 is 0 Å². The van der Waals surface area contributed by atoms with E-state index in [1.54, 1.807) is 0 Å². The fourth-order valence-electron chi connectivity index (χ4n) is 4.62. The lowest BCUT2D eigenvalue weighted by Crippen LogP contribution is -2.58. The van der Waals surface area contributed by atoms with Crippen LogP contribution >= 0.6 is 0 Å². The number of nitrogens with zero attached hydrogens (tertiary/aromatic N) is 1. The molecule has 0 spiro atoms. The summed E-state index contributed by atoms with van der Waals surface area (Å²) in [5, 5.41) is 4.55. The lowest BCUT2D eigenvalue weighted by Gasteiger charge is -2.46. The van der Waals surface area contributed by atoms with Gasteiger partial charge in [-0.1, -0.05) is 18.2 Å². The quantitative estimate of drug-likeness (QED) is 0.899. The van der Waals surface area contributed by atoms with Crippen molar-refractivity contribution in [2.24, 2.45) is 5.92 Å². The highest BCUT2D eigenvalue weighted by Crippen LogP contribution is 2.37. The Balaban J connectivity index is 1.69. The van der Waals surface area contributed by atoms with Crippen LogP contribution in [0.1, 0.15) is 37.8 Å². The van der Waals surface area contributed by atoms with Crippen molar-refractivity contribution in [1.82, 2.24) is 15.2 Å². The number of likely N-dealkylation sites (tertiary alicyclic amines) is 1. The van der Waals surface area contributed by atoms with Gasteiger partial charge >= 0.3 is 0 Å². The number of carbonyl (C=O) groups excluding carboxylic acids is 1. The normalized spacial score (nSPS) is 25.2. The second-order valence-corrected chi connectivity index (χ2v) is 7.58. The number of aryl methyl sites for hydroxylation is 1. The molecule has 4 rings (SSSR count). The summed E-state index contributed by atoms with van der Waals surface area (Å²) in [6.45, 7) is 4.98. The number of benzene rings is 1. The average molecular weight is 337 g/mol. The number of hydrogen-bond donors (Lipinski definition) is 2. The predicted octanol–water partition coefficient (Wildman–Crippen LogP) is 3.34. The Kier molecular flexibility index (Phi) is 4.16. The van der Waals surface area contributed by atoms with Crippen LogP contribution in [-0.4, -0.2) is 41.5 Å². The standard InChI is InChI=1S/C21H27N3O/c1-13-9-14(2)24(13)21(25)17(11-22-3)10-15-7-8-16-12-23-19-6-4-5-18(15)20(16)19/h4-6,10,12-14,17,22-23H,7-9,11H2,1-3H3/b15-10+/t13-,14?,17?/m0/s1. The number of carbonyl (C=O) groups is 1. The van der Waals surface area contributed by atoms with Crippen molar-refractivity contribution >= 4 is 22.4 Å². The molecule has 132 valence electrons. The number of allylic oxidation sites excluding steroid dienone is 1. The van der Waals surface area contributed by atoms with E-state index in [1.165, 1.54) is 27.6 Å². The van der Waals surface area contributed by atoms with Crippen LogP contribution < -0.4 is 5.32 Å². The first-order valence-electron chi connectivity index (χ1n) is 9.37. The molecule has 2 N–H and O–H groups in total. The van der Waals surface area contributed by atoms with E-state index in [0.717, 1.165) is 19.3 Å². The van der Waals surface area contributed by atoms with Gasteiger partial charge in [-0.25, -0.2) is 0 Å². The molecule has 3 atom stereocenters. The molecular weight excluding hydrogens is 310 g/mol. The molecule has 2 aromatic rings. The van der Waals surface area contributed by atoms with Crippen LogP contribution in [0.25, 0.3) is 16.5 Å². The van der Waals surface area contributed by atoms with Crippen molar-refractivity contribution in [3.8, 4) is 0 Å². The van der Waals surface area contributed by atoms with Crippen LogP contribution in [0.3, 0.4) is 0 Å². The Morgan fingerprint density at radius 1 is 1.36 bits per heavy atom. The largest absolute Gasteiger partial charge is 0.361 e. The summed E-state index contributed by atoms with van der Waals surface area (Å²) >= 11 is 0. The van der Waals surface area contributed by atoms with Gasteiger partial charge in [-0.05, 0) is 62.9 Å². The van der Waals surface area contributed by atoms with Crippen LogP contribution in [0, 0.1) is 5.92 Å². The first-order chi connectivity index (χ1) is 12.1. The van der Waals surface area contributed by atoms with Crippen molar-refractivity contribution < 1.29 is 4.79 Å². The molecule has 25 heavy (non-hydrogen) atoms. The third-order valence-electron chi connectivity index (χ3n) is 5.83. The van der Waals surface area contributed by atoms with Gasteiger partial charge in [0.1, 0.15) is 0 Å². The molecule has 0 bridgehead atoms. The zero-order valence-corrected chi connectivity index (χ0v) is 15.3. The van der Waals surface area contributed by atoms with Crippen LogP contribution in [-0.2, 0) is 11.2 Å². The number of H-pyrrole nitrogens is 1. The van der Waals surface area contributed by atoms with Crippen molar-refractivity contribution in [2.45, 2.75) is 45.2 Å². The predicted molar refractivity (Wildman–Crippen MR) is 102 cm³/mol. The van der Waals surface area contributed by atoms with E-state index in [-0.39, 0.29) is 11.8 Å². The van der Waals surface area contributed by atoms with Gasteiger partial charge in [0.05, 0.1) is 5.92 Å². The number of aromatic nitrogens is 1. The number of hydrogen-bond acceptors (Lipinski definition) is 2. The fourth-order valence-corrected chi connectivity index (χ4v) is 4.62. The smallest absolute Gasteiger partial charge is 0.231 e. The molecule has 2 unspecified atom stereocenters. The maximum atomic E-state index is 13.1. The van der Waals surface area contributed by atoms with Crippen molar-refractivity contribution in [3.63, 3.8) is 0 Å². The van der Waals surface area contributed by atoms with E-state index in [9.17, 15) is 4.79 Å². The minimum absolute atomic E-state index is 0.0963. The highest BCUT2D eigenvalue weighted by Gasteiger charge is 2.38. The van der Waals surface area contributed by atoms with Crippen LogP contribution in [0.4, 0.5) is 0 Å². The second-order valence-electron chi connectivity index (χ2n) is 7.58. The molecule has 2 heterocycles. The molecule has 0 saturated carbocycles. The fraction of sp³-hybridized carbons (Fsp3) is 0.476. The molecular formula is C21H27N3O. The van der Waals surface area contributed by atoms with Gasteiger partial charge in [0, 0.05) is 35.7 Å². The first-order valence-corrected chi connectivity index (χ1v) is 9.37.